The molecule has 1 aromatic carbocycles. The summed E-state index contributed by atoms with van der Waals surface area (Å²) in [5, 5.41) is 0. The lowest BCUT2D eigenvalue weighted by atomic mass is 10.1. The summed E-state index contributed by atoms with van der Waals surface area (Å²) in [5.41, 5.74) is 2.99. The van der Waals surface area contributed by atoms with E-state index in [1.54, 1.807) is 13.8 Å². The van der Waals surface area contributed by atoms with Crippen LogP contribution in [0.2, 0.25) is 0 Å². The fourth-order valence-corrected chi connectivity index (χ4v) is 5.75. The Morgan fingerprint density at radius 2 is 1.67 bits per heavy atom. The zero-order valence-corrected chi connectivity index (χ0v) is 20.6. The van der Waals surface area contributed by atoms with Crippen LogP contribution in [0.3, 0.4) is 0 Å². The summed E-state index contributed by atoms with van der Waals surface area (Å²) in [6.45, 7) is 9.85. The van der Waals surface area contributed by atoms with Crippen LogP contribution < -0.4 is 5.56 Å². The molecule has 2 aromatic heterocycles. The molecule has 0 aliphatic carbocycles. The molecule has 0 aliphatic rings. The minimum atomic E-state index is -3.74. The van der Waals surface area contributed by atoms with Gasteiger partial charge in [-0.3, -0.25) is 9.59 Å². The quantitative estimate of drug-likeness (QED) is 0.447. The van der Waals surface area contributed by atoms with E-state index in [-0.39, 0.29) is 23.3 Å². The molecule has 3 rings (SSSR count). The van der Waals surface area contributed by atoms with Gasteiger partial charge in [0.2, 0.25) is 10.0 Å². The summed E-state index contributed by atoms with van der Waals surface area (Å²) in [4.78, 5) is 25.6. The predicted molar refractivity (Wildman–Crippen MR) is 129 cm³/mol. The SMILES string of the molecule is CCN(CC)S(=O)(=O)c1ccc(=O)n(CC(=O)c2cc(C)n(C(C)c3ccccc3)c2C)c1. The van der Waals surface area contributed by atoms with Crippen molar-refractivity contribution in [3.63, 3.8) is 0 Å². The Morgan fingerprint density at radius 1 is 1.03 bits per heavy atom. The second kappa shape index (κ2) is 9.89. The van der Waals surface area contributed by atoms with E-state index in [0.717, 1.165) is 17.0 Å². The standard InChI is InChI=1S/C25H31N3O4S/c1-6-27(7-2)33(31,32)22-13-14-25(30)26(16-22)17-24(29)23-15-18(3)28(20(23)5)19(4)21-11-9-8-10-12-21/h8-16,19H,6-7,17H2,1-5H3. The van der Waals surface area contributed by atoms with Gasteiger partial charge in [0.1, 0.15) is 0 Å². The maximum Gasteiger partial charge on any atom is 0.251 e. The molecule has 0 bridgehead atoms. The first-order valence-electron chi connectivity index (χ1n) is 11.1. The van der Waals surface area contributed by atoms with Crippen molar-refractivity contribution < 1.29 is 13.2 Å². The average molecular weight is 470 g/mol. The Kier molecular flexibility index (Phi) is 7.39. The van der Waals surface area contributed by atoms with Crippen molar-refractivity contribution in [1.29, 1.82) is 0 Å². The van der Waals surface area contributed by atoms with Gasteiger partial charge in [-0.25, -0.2) is 8.42 Å². The van der Waals surface area contributed by atoms with E-state index in [0.29, 0.717) is 18.7 Å². The molecule has 7 nitrogen and oxygen atoms in total. The van der Waals surface area contributed by atoms with Crippen molar-refractivity contribution >= 4 is 15.8 Å². The number of aryl methyl sites for hydroxylation is 1. The number of rotatable bonds is 9. The van der Waals surface area contributed by atoms with Crippen LogP contribution in [0.5, 0.6) is 0 Å². The smallest absolute Gasteiger partial charge is 0.251 e. The molecular weight excluding hydrogens is 438 g/mol. The lowest BCUT2D eigenvalue weighted by Gasteiger charge is -2.19. The molecule has 33 heavy (non-hydrogen) atoms. The van der Waals surface area contributed by atoms with E-state index >= 15 is 0 Å². The van der Waals surface area contributed by atoms with E-state index < -0.39 is 15.6 Å². The Hall–Kier alpha value is -2.97. The van der Waals surface area contributed by atoms with Gasteiger partial charge >= 0.3 is 0 Å². The maximum atomic E-state index is 13.2. The van der Waals surface area contributed by atoms with Gasteiger partial charge in [-0.05, 0) is 38.5 Å². The number of sulfonamides is 1. The zero-order valence-electron chi connectivity index (χ0n) is 19.8. The minimum Gasteiger partial charge on any atom is -0.341 e. The van der Waals surface area contributed by atoms with Crippen molar-refractivity contribution in [1.82, 2.24) is 13.4 Å². The largest absolute Gasteiger partial charge is 0.341 e. The van der Waals surface area contributed by atoms with Crippen LogP contribution in [0, 0.1) is 13.8 Å². The maximum absolute atomic E-state index is 13.2. The molecule has 0 fully saturated rings. The van der Waals surface area contributed by atoms with E-state index in [4.69, 9.17) is 0 Å². The monoisotopic (exact) mass is 469 g/mol. The van der Waals surface area contributed by atoms with E-state index in [1.165, 1.54) is 27.2 Å². The topological polar surface area (TPSA) is 81.4 Å². The van der Waals surface area contributed by atoms with Gasteiger partial charge in [0.05, 0.1) is 17.5 Å². The van der Waals surface area contributed by atoms with Gasteiger partial charge in [0.15, 0.2) is 5.78 Å². The lowest BCUT2D eigenvalue weighted by Crippen LogP contribution is -2.32. The molecule has 0 saturated carbocycles. The van der Waals surface area contributed by atoms with E-state index in [9.17, 15) is 18.0 Å². The highest BCUT2D eigenvalue weighted by Gasteiger charge is 2.24. The second-order valence-corrected chi connectivity index (χ2v) is 10.0. The van der Waals surface area contributed by atoms with Crippen LogP contribution in [0.25, 0.3) is 0 Å². The molecule has 0 aliphatic heterocycles. The molecule has 8 heteroatoms. The highest BCUT2D eigenvalue weighted by molar-refractivity contribution is 7.89. The molecule has 176 valence electrons. The number of pyridine rings is 1. The molecule has 0 radical (unpaired) electrons. The van der Waals surface area contributed by atoms with Crippen molar-refractivity contribution in [2.45, 2.75) is 52.1 Å². The molecule has 0 spiro atoms. The van der Waals surface area contributed by atoms with E-state index in [2.05, 4.69) is 11.5 Å². The van der Waals surface area contributed by atoms with E-state index in [1.807, 2.05) is 50.2 Å². The number of carbonyl (C=O) groups is 1. The summed E-state index contributed by atoms with van der Waals surface area (Å²) in [7, 11) is -3.74. The highest BCUT2D eigenvalue weighted by atomic mass is 32.2. The van der Waals surface area contributed by atoms with Crippen LogP contribution in [0.1, 0.15) is 54.1 Å². The average Bonchev–Trinajstić information content (AvgIpc) is 3.09. The number of ketones is 1. The van der Waals surface area contributed by atoms with Gasteiger partial charge < -0.3 is 9.13 Å². The summed E-state index contributed by atoms with van der Waals surface area (Å²) in [6.07, 6.45) is 1.26. The molecule has 2 heterocycles. The predicted octanol–water partition coefficient (Wildman–Crippen LogP) is 3.79. The molecular formula is C25H31N3O4S. The summed E-state index contributed by atoms with van der Waals surface area (Å²) < 4.78 is 30.3. The molecule has 1 unspecified atom stereocenters. The number of aromatic nitrogens is 2. The fraction of sp³-hybridized carbons (Fsp3) is 0.360. The van der Waals surface area contributed by atoms with Crippen LogP contribution in [-0.4, -0.2) is 40.7 Å². The zero-order chi connectivity index (χ0) is 24.3. The third-order valence-electron chi connectivity index (χ3n) is 6.07. The van der Waals surface area contributed by atoms with Crippen LogP contribution >= 0.6 is 0 Å². The van der Waals surface area contributed by atoms with Crippen molar-refractivity contribution in [2.24, 2.45) is 0 Å². The first-order chi connectivity index (χ1) is 15.6. The summed E-state index contributed by atoms with van der Waals surface area (Å²) in [6, 6.07) is 14.4. The number of hydrogen-bond acceptors (Lipinski definition) is 4. The van der Waals surface area contributed by atoms with Crippen molar-refractivity contribution in [2.75, 3.05) is 13.1 Å². The number of benzene rings is 1. The molecule has 0 N–H and O–H groups in total. The number of carbonyl (C=O) groups excluding carboxylic acids is 1. The van der Waals surface area contributed by atoms with Gasteiger partial charge in [-0.2, -0.15) is 4.31 Å². The summed E-state index contributed by atoms with van der Waals surface area (Å²) >= 11 is 0. The van der Waals surface area contributed by atoms with Crippen LogP contribution in [0.4, 0.5) is 0 Å². The third kappa shape index (κ3) is 4.86. The molecule has 0 amide bonds. The van der Waals surface area contributed by atoms with Crippen molar-refractivity contribution in [3.8, 4) is 0 Å². The minimum absolute atomic E-state index is 0.00164. The number of Topliss-reactive ketones (excluding diaryl/α,β-unsaturated/α-hetero) is 1. The molecule has 1 atom stereocenters. The van der Waals surface area contributed by atoms with Crippen LogP contribution in [-0.2, 0) is 16.6 Å². The van der Waals surface area contributed by atoms with Gasteiger partial charge in [0, 0.05) is 42.3 Å². The Bertz CT molecular complexity index is 1300. The lowest BCUT2D eigenvalue weighted by molar-refractivity contribution is 0.0969. The van der Waals surface area contributed by atoms with Gasteiger partial charge in [0.25, 0.3) is 5.56 Å². The highest BCUT2D eigenvalue weighted by Crippen LogP contribution is 2.26. The number of hydrogen-bond donors (Lipinski definition) is 0. The third-order valence-corrected chi connectivity index (χ3v) is 8.10. The second-order valence-electron chi connectivity index (χ2n) is 8.08. The fourth-order valence-electron chi connectivity index (χ4n) is 4.27. The summed E-state index contributed by atoms with van der Waals surface area (Å²) in [5.74, 6) is -0.242. The number of nitrogens with zero attached hydrogens (tertiary/aromatic N) is 3. The Balaban J connectivity index is 1.94. The Labute approximate surface area is 195 Å². The molecule has 0 saturated heterocycles. The van der Waals surface area contributed by atoms with Crippen LogP contribution in [0.15, 0.2) is 64.4 Å². The normalized spacial score (nSPS) is 12.8. The van der Waals surface area contributed by atoms with Gasteiger partial charge in [-0.1, -0.05) is 44.2 Å². The van der Waals surface area contributed by atoms with Crippen molar-refractivity contribution in [3.05, 3.63) is 87.6 Å². The first kappa shape index (κ1) is 24.7. The molecule has 3 aromatic rings. The Morgan fingerprint density at radius 3 is 2.27 bits per heavy atom. The van der Waals surface area contributed by atoms with Gasteiger partial charge in [-0.15, -0.1) is 0 Å². The first-order valence-corrected chi connectivity index (χ1v) is 12.5.